The van der Waals surface area contributed by atoms with Gasteiger partial charge in [-0.2, -0.15) is 13.2 Å². The van der Waals surface area contributed by atoms with Crippen LogP contribution in [0.15, 0.2) is 52.9 Å². The molecular formula is C25H25F3O4. The molecule has 0 fully saturated rings. The topological polar surface area (TPSA) is 59.7 Å². The largest absolute Gasteiger partial charge is 0.489 e. The van der Waals surface area contributed by atoms with Crippen molar-refractivity contribution in [2.75, 3.05) is 0 Å². The SMILES string of the molecule is CCCc1cc(OCc2cc(-c3ccc(C(F)(F)F)cc3)oc2C)ccc1CCC(=O)O. The molecular weight excluding hydrogens is 421 g/mol. The molecule has 0 unspecified atom stereocenters. The molecule has 3 aromatic rings. The van der Waals surface area contributed by atoms with Gasteiger partial charge in [-0.25, -0.2) is 0 Å². The number of benzene rings is 2. The number of alkyl halides is 3. The third-order valence-electron chi connectivity index (χ3n) is 5.22. The Labute approximate surface area is 184 Å². The van der Waals surface area contributed by atoms with Crippen molar-refractivity contribution >= 4 is 5.97 Å². The van der Waals surface area contributed by atoms with Crippen LogP contribution in [-0.4, -0.2) is 11.1 Å². The normalized spacial score (nSPS) is 11.5. The Balaban J connectivity index is 1.71. The van der Waals surface area contributed by atoms with Crippen molar-refractivity contribution in [3.8, 4) is 17.1 Å². The lowest BCUT2D eigenvalue weighted by atomic mass is 9.99. The average molecular weight is 446 g/mol. The second-order valence-corrected chi connectivity index (χ2v) is 7.63. The first-order valence-electron chi connectivity index (χ1n) is 10.4. The van der Waals surface area contributed by atoms with E-state index in [0.29, 0.717) is 29.3 Å². The Bertz CT molecular complexity index is 1070. The predicted octanol–water partition coefficient (Wildman–Crippen LogP) is 6.82. The molecule has 0 atom stereocenters. The molecule has 0 aliphatic rings. The summed E-state index contributed by atoms with van der Waals surface area (Å²) in [7, 11) is 0. The third-order valence-corrected chi connectivity index (χ3v) is 5.22. The molecule has 32 heavy (non-hydrogen) atoms. The summed E-state index contributed by atoms with van der Waals surface area (Å²) in [5, 5.41) is 8.94. The van der Waals surface area contributed by atoms with Crippen molar-refractivity contribution in [2.45, 2.75) is 52.3 Å². The number of furan rings is 1. The number of rotatable bonds is 9. The first-order valence-corrected chi connectivity index (χ1v) is 10.4. The maximum atomic E-state index is 12.8. The minimum absolute atomic E-state index is 0.0812. The van der Waals surface area contributed by atoms with Gasteiger partial charge in [0, 0.05) is 17.5 Å². The highest BCUT2D eigenvalue weighted by Gasteiger charge is 2.30. The summed E-state index contributed by atoms with van der Waals surface area (Å²) in [6.07, 6.45) is -2.06. The van der Waals surface area contributed by atoms with Gasteiger partial charge in [-0.1, -0.05) is 31.5 Å². The Kier molecular flexibility index (Phi) is 7.28. The van der Waals surface area contributed by atoms with Crippen molar-refractivity contribution in [3.05, 3.63) is 76.5 Å². The monoisotopic (exact) mass is 446 g/mol. The summed E-state index contributed by atoms with van der Waals surface area (Å²) >= 11 is 0. The zero-order valence-corrected chi connectivity index (χ0v) is 18.0. The quantitative estimate of drug-likeness (QED) is 0.392. The van der Waals surface area contributed by atoms with Gasteiger partial charge in [0.1, 0.15) is 23.9 Å². The molecule has 0 radical (unpaired) electrons. The molecule has 0 aliphatic carbocycles. The van der Waals surface area contributed by atoms with Gasteiger partial charge in [0.15, 0.2) is 0 Å². The molecule has 2 aromatic carbocycles. The van der Waals surface area contributed by atoms with E-state index in [-0.39, 0.29) is 13.0 Å². The smallest absolute Gasteiger partial charge is 0.416 e. The van der Waals surface area contributed by atoms with E-state index >= 15 is 0 Å². The Morgan fingerprint density at radius 2 is 1.72 bits per heavy atom. The van der Waals surface area contributed by atoms with Crippen LogP contribution in [0.5, 0.6) is 5.75 Å². The number of ether oxygens (including phenoxy) is 1. The molecule has 1 N–H and O–H groups in total. The number of halogens is 3. The highest BCUT2D eigenvalue weighted by Crippen LogP contribution is 2.32. The Morgan fingerprint density at radius 3 is 2.34 bits per heavy atom. The van der Waals surface area contributed by atoms with Crippen LogP contribution in [0.1, 0.15) is 47.8 Å². The van der Waals surface area contributed by atoms with Gasteiger partial charge in [0.25, 0.3) is 0 Å². The fourth-order valence-corrected chi connectivity index (χ4v) is 3.47. The van der Waals surface area contributed by atoms with Gasteiger partial charge in [-0.15, -0.1) is 0 Å². The zero-order chi connectivity index (χ0) is 23.3. The van der Waals surface area contributed by atoms with Gasteiger partial charge in [-0.3, -0.25) is 4.79 Å². The molecule has 1 heterocycles. The molecule has 0 amide bonds. The van der Waals surface area contributed by atoms with E-state index < -0.39 is 17.7 Å². The number of carboxylic acid groups (broad SMARTS) is 1. The fraction of sp³-hybridized carbons (Fsp3) is 0.320. The molecule has 4 nitrogen and oxygen atoms in total. The Hall–Kier alpha value is -3.22. The van der Waals surface area contributed by atoms with Crippen LogP contribution in [0.4, 0.5) is 13.2 Å². The van der Waals surface area contributed by atoms with Gasteiger partial charge in [0.05, 0.1) is 5.56 Å². The number of carbonyl (C=O) groups is 1. The summed E-state index contributed by atoms with van der Waals surface area (Å²) in [5.41, 5.74) is 2.72. The second kappa shape index (κ2) is 9.94. The molecule has 3 rings (SSSR count). The lowest BCUT2D eigenvalue weighted by molar-refractivity contribution is -0.138. The maximum absolute atomic E-state index is 12.8. The summed E-state index contributed by atoms with van der Waals surface area (Å²) in [6.45, 7) is 4.09. The van der Waals surface area contributed by atoms with Crippen LogP contribution < -0.4 is 4.74 Å². The van der Waals surface area contributed by atoms with E-state index in [1.54, 1.807) is 13.0 Å². The minimum atomic E-state index is -4.38. The molecule has 170 valence electrons. The fourth-order valence-electron chi connectivity index (χ4n) is 3.47. The van der Waals surface area contributed by atoms with Gasteiger partial charge in [0.2, 0.25) is 0 Å². The number of hydrogen-bond acceptors (Lipinski definition) is 3. The standard InChI is InChI=1S/C25H25F3O4/c1-3-4-19-13-22(11-7-17(19)8-12-24(29)30)31-15-20-14-23(32-16(20)2)18-5-9-21(10-6-18)25(26,27)28/h5-7,9-11,13-14H,3-4,8,12,15H2,1-2H3,(H,29,30). The van der Waals surface area contributed by atoms with Crippen LogP contribution in [0, 0.1) is 6.92 Å². The van der Waals surface area contributed by atoms with Crippen molar-refractivity contribution in [1.29, 1.82) is 0 Å². The van der Waals surface area contributed by atoms with Crippen molar-refractivity contribution in [1.82, 2.24) is 0 Å². The van der Waals surface area contributed by atoms with Crippen LogP contribution in [0.2, 0.25) is 0 Å². The van der Waals surface area contributed by atoms with Crippen LogP contribution >= 0.6 is 0 Å². The van der Waals surface area contributed by atoms with Crippen molar-refractivity contribution < 1.29 is 32.2 Å². The summed E-state index contributed by atoms with van der Waals surface area (Å²) in [6, 6.07) is 12.3. The molecule has 0 saturated carbocycles. The van der Waals surface area contributed by atoms with E-state index in [9.17, 15) is 18.0 Å². The van der Waals surface area contributed by atoms with E-state index in [1.165, 1.54) is 12.1 Å². The lowest BCUT2D eigenvalue weighted by Crippen LogP contribution is -2.03. The molecule has 1 aromatic heterocycles. The van der Waals surface area contributed by atoms with E-state index in [0.717, 1.165) is 41.7 Å². The van der Waals surface area contributed by atoms with Crippen molar-refractivity contribution in [3.63, 3.8) is 0 Å². The lowest BCUT2D eigenvalue weighted by Gasteiger charge is -2.12. The molecule has 7 heteroatoms. The van der Waals surface area contributed by atoms with E-state index in [2.05, 4.69) is 6.92 Å². The zero-order valence-electron chi connectivity index (χ0n) is 18.0. The highest BCUT2D eigenvalue weighted by molar-refractivity contribution is 5.67. The third kappa shape index (κ3) is 5.93. The number of aryl methyl sites for hydroxylation is 3. The minimum Gasteiger partial charge on any atom is -0.489 e. The maximum Gasteiger partial charge on any atom is 0.416 e. The van der Waals surface area contributed by atoms with Crippen LogP contribution in [-0.2, 0) is 30.4 Å². The van der Waals surface area contributed by atoms with Crippen LogP contribution in [0.25, 0.3) is 11.3 Å². The van der Waals surface area contributed by atoms with Crippen LogP contribution in [0.3, 0.4) is 0 Å². The predicted molar refractivity (Wildman–Crippen MR) is 115 cm³/mol. The average Bonchev–Trinajstić information content (AvgIpc) is 3.11. The first kappa shape index (κ1) is 23.4. The molecule has 0 aliphatic heterocycles. The molecule has 0 spiro atoms. The highest BCUT2D eigenvalue weighted by atomic mass is 19.4. The summed E-state index contributed by atoms with van der Waals surface area (Å²) in [4.78, 5) is 10.9. The van der Waals surface area contributed by atoms with Gasteiger partial charge in [-0.05, 0) is 61.2 Å². The number of hydrogen-bond donors (Lipinski definition) is 1. The molecule has 0 saturated heterocycles. The van der Waals surface area contributed by atoms with Gasteiger partial charge < -0.3 is 14.3 Å². The Morgan fingerprint density at radius 1 is 1.00 bits per heavy atom. The number of aliphatic carboxylic acids is 1. The molecule has 0 bridgehead atoms. The van der Waals surface area contributed by atoms with Crippen molar-refractivity contribution in [2.24, 2.45) is 0 Å². The number of carboxylic acids is 1. The second-order valence-electron chi connectivity index (χ2n) is 7.63. The first-order chi connectivity index (χ1) is 15.2. The van der Waals surface area contributed by atoms with E-state index in [4.69, 9.17) is 14.3 Å². The van der Waals surface area contributed by atoms with Gasteiger partial charge >= 0.3 is 12.1 Å². The summed E-state index contributed by atoms with van der Waals surface area (Å²) in [5.74, 6) is 0.952. The summed E-state index contributed by atoms with van der Waals surface area (Å²) < 4.78 is 50.0. The van der Waals surface area contributed by atoms with E-state index in [1.807, 2.05) is 18.2 Å².